The molecule has 2 aromatic rings. The van der Waals surface area contributed by atoms with Crippen LogP contribution in [0.4, 0.5) is 5.82 Å². The zero-order chi connectivity index (χ0) is 13.7. The molecule has 106 valence electrons. The van der Waals surface area contributed by atoms with Crippen molar-refractivity contribution in [3.63, 3.8) is 0 Å². The monoisotopic (exact) mass is 272 g/mol. The van der Waals surface area contributed by atoms with Crippen molar-refractivity contribution < 1.29 is 5.11 Å². The number of aliphatic hydroxyl groups excluding tert-OH is 1. The third kappa shape index (κ3) is 1.47. The SMILES string of the molecule is CCc1c[nH]c2ncnc(NC3CC(O)C34CCC4)c12. The predicted octanol–water partition coefficient (Wildman–Crippen LogP) is 2.24. The third-order valence-corrected chi connectivity index (χ3v) is 5.34. The molecule has 3 N–H and O–H groups in total. The van der Waals surface area contributed by atoms with Gasteiger partial charge in [-0.15, -0.1) is 0 Å². The Morgan fingerprint density at radius 1 is 1.45 bits per heavy atom. The van der Waals surface area contributed by atoms with E-state index in [0.717, 1.165) is 42.5 Å². The van der Waals surface area contributed by atoms with Crippen LogP contribution in [-0.4, -0.2) is 32.2 Å². The quantitative estimate of drug-likeness (QED) is 0.801. The number of aryl methyl sites for hydroxylation is 1. The van der Waals surface area contributed by atoms with E-state index >= 15 is 0 Å². The smallest absolute Gasteiger partial charge is 0.143 e. The lowest BCUT2D eigenvalue weighted by atomic mass is 9.51. The lowest BCUT2D eigenvalue weighted by molar-refractivity contribution is -0.126. The van der Waals surface area contributed by atoms with Crippen molar-refractivity contribution >= 4 is 16.9 Å². The zero-order valence-electron chi connectivity index (χ0n) is 11.7. The van der Waals surface area contributed by atoms with Crippen molar-refractivity contribution in [2.24, 2.45) is 5.41 Å². The summed E-state index contributed by atoms with van der Waals surface area (Å²) in [5, 5.41) is 14.7. The van der Waals surface area contributed by atoms with E-state index in [-0.39, 0.29) is 11.5 Å². The maximum atomic E-state index is 10.1. The second kappa shape index (κ2) is 4.19. The Labute approximate surface area is 117 Å². The van der Waals surface area contributed by atoms with Gasteiger partial charge in [-0.25, -0.2) is 9.97 Å². The van der Waals surface area contributed by atoms with Crippen LogP contribution in [-0.2, 0) is 6.42 Å². The second-order valence-corrected chi connectivity index (χ2v) is 6.15. The molecule has 0 aromatic carbocycles. The van der Waals surface area contributed by atoms with Crippen LogP contribution < -0.4 is 5.32 Å². The van der Waals surface area contributed by atoms with E-state index in [4.69, 9.17) is 0 Å². The van der Waals surface area contributed by atoms with Crippen LogP contribution in [0, 0.1) is 5.41 Å². The molecule has 5 heteroatoms. The number of aromatic amines is 1. The van der Waals surface area contributed by atoms with Gasteiger partial charge in [-0.3, -0.25) is 0 Å². The molecule has 4 rings (SSSR count). The molecule has 2 aromatic heterocycles. The molecular weight excluding hydrogens is 252 g/mol. The highest BCUT2D eigenvalue weighted by atomic mass is 16.3. The minimum Gasteiger partial charge on any atom is -0.392 e. The second-order valence-electron chi connectivity index (χ2n) is 6.15. The number of anilines is 1. The fraction of sp³-hybridized carbons (Fsp3) is 0.600. The minimum atomic E-state index is -0.136. The highest BCUT2D eigenvalue weighted by molar-refractivity contribution is 5.90. The molecule has 2 heterocycles. The maximum Gasteiger partial charge on any atom is 0.143 e. The maximum absolute atomic E-state index is 10.1. The highest BCUT2D eigenvalue weighted by Crippen LogP contribution is 2.56. The van der Waals surface area contributed by atoms with Gasteiger partial charge in [-0.2, -0.15) is 0 Å². The van der Waals surface area contributed by atoms with Crippen LogP contribution in [0.3, 0.4) is 0 Å². The molecule has 2 fully saturated rings. The van der Waals surface area contributed by atoms with E-state index in [0.29, 0.717) is 6.04 Å². The molecule has 5 nitrogen and oxygen atoms in total. The largest absolute Gasteiger partial charge is 0.392 e. The normalized spacial score (nSPS) is 27.3. The fourth-order valence-electron chi connectivity index (χ4n) is 3.81. The lowest BCUT2D eigenvalue weighted by Gasteiger charge is -2.59. The first-order chi connectivity index (χ1) is 9.74. The van der Waals surface area contributed by atoms with Crippen LogP contribution in [0.1, 0.15) is 38.2 Å². The van der Waals surface area contributed by atoms with Gasteiger partial charge in [-0.1, -0.05) is 13.3 Å². The van der Waals surface area contributed by atoms with Crippen molar-refractivity contribution in [2.75, 3.05) is 5.32 Å². The number of hydrogen-bond donors (Lipinski definition) is 3. The van der Waals surface area contributed by atoms with Crippen LogP contribution in [0.2, 0.25) is 0 Å². The molecular formula is C15H20N4O. The van der Waals surface area contributed by atoms with E-state index in [1.165, 1.54) is 12.0 Å². The summed E-state index contributed by atoms with van der Waals surface area (Å²) >= 11 is 0. The Balaban J connectivity index is 1.68. The van der Waals surface area contributed by atoms with Crippen LogP contribution in [0.15, 0.2) is 12.5 Å². The van der Waals surface area contributed by atoms with Gasteiger partial charge in [-0.05, 0) is 31.2 Å². The number of aliphatic hydroxyl groups is 1. The number of H-pyrrole nitrogens is 1. The van der Waals surface area contributed by atoms with Gasteiger partial charge in [0.25, 0.3) is 0 Å². The van der Waals surface area contributed by atoms with Crippen molar-refractivity contribution in [1.29, 1.82) is 0 Å². The Kier molecular flexibility index (Phi) is 2.54. The number of nitrogens with one attached hydrogen (secondary N) is 2. The van der Waals surface area contributed by atoms with Gasteiger partial charge >= 0.3 is 0 Å². The highest BCUT2D eigenvalue weighted by Gasteiger charge is 2.57. The first-order valence-electron chi connectivity index (χ1n) is 7.50. The average Bonchev–Trinajstić information content (AvgIpc) is 2.80. The van der Waals surface area contributed by atoms with E-state index in [1.54, 1.807) is 6.33 Å². The van der Waals surface area contributed by atoms with Crippen molar-refractivity contribution in [3.8, 4) is 0 Å². The molecule has 1 spiro atoms. The van der Waals surface area contributed by atoms with Crippen molar-refractivity contribution in [3.05, 3.63) is 18.1 Å². The third-order valence-electron chi connectivity index (χ3n) is 5.34. The van der Waals surface area contributed by atoms with Gasteiger partial charge in [0.2, 0.25) is 0 Å². The molecule has 2 aliphatic carbocycles. The molecule has 20 heavy (non-hydrogen) atoms. The fourth-order valence-corrected chi connectivity index (χ4v) is 3.81. The first kappa shape index (κ1) is 12.1. The Morgan fingerprint density at radius 2 is 2.30 bits per heavy atom. The molecule has 2 aliphatic rings. The molecule has 0 bridgehead atoms. The van der Waals surface area contributed by atoms with Crippen LogP contribution in [0.25, 0.3) is 11.0 Å². The molecule has 2 saturated carbocycles. The van der Waals surface area contributed by atoms with Gasteiger partial charge in [0.05, 0.1) is 11.5 Å². The molecule has 0 saturated heterocycles. The van der Waals surface area contributed by atoms with E-state index in [9.17, 15) is 5.11 Å². The molecule has 0 aliphatic heterocycles. The number of hydrogen-bond acceptors (Lipinski definition) is 4. The summed E-state index contributed by atoms with van der Waals surface area (Å²) in [6, 6.07) is 0.351. The summed E-state index contributed by atoms with van der Waals surface area (Å²) in [6.45, 7) is 2.14. The van der Waals surface area contributed by atoms with E-state index < -0.39 is 0 Å². The number of aromatic nitrogens is 3. The first-order valence-corrected chi connectivity index (χ1v) is 7.50. The summed E-state index contributed by atoms with van der Waals surface area (Å²) in [5.41, 5.74) is 2.24. The van der Waals surface area contributed by atoms with Crippen molar-refractivity contribution in [1.82, 2.24) is 15.0 Å². The minimum absolute atomic E-state index is 0.111. The lowest BCUT2D eigenvalue weighted by Crippen LogP contribution is -2.63. The molecule has 0 amide bonds. The van der Waals surface area contributed by atoms with Gasteiger partial charge in [0.1, 0.15) is 17.8 Å². The summed E-state index contributed by atoms with van der Waals surface area (Å²) in [7, 11) is 0. The van der Waals surface area contributed by atoms with Crippen LogP contribution >= 0.6 is 0 Å². The predicted molar refractivity (Wildman–Crippen MR) is 77.6 cm³/mol. The van der Waals surface area contributed by atoms with Gasteiger partial charge in [0.15, 0.2) is 0 Å². The summed E-state index contributed by atoms with van der Waals surface area (Å²) in [5.74, 6) is 0.913. The number of rotatable bonds is 3. The van der Waals surface area contributed by atoms with Crippen LogP contribution in [0.5, 0.6) is 0 Å². The standard InChI is InChI=1S/C15H20N4O/c1-2-9-7-16-13-12(9)14(18-8-17-13)19-10-6-11(20)15(10)4-3-5-15/h7-8,10-11,20H,2-6H2,1H3,(H2,16,17,18,19). The van der Waals surface area contributed by atoms with Gasteiger partial charge in [0, 0.05) is 17.7 Å². The molecule has 2 atom stereocenters. The summed E-state index contributed by atoms with van der Waals surface area (Å²) in [4.78, 5) is 11.9. The molecule has 2 unspecified atom stereocenters. The Morgan fingerprint density at radius 3 is 2.95 bits per heavy atom. The average molecular weight is 272 g/mol. The topological polar surface area (TPSA) is 73.8 Å². The number of fused-ring (bicyclic) bond motifs is 1. The van der Waals surface area contributed by atoms with E-state index in [2.05, 4.69) is 27.2 Å². The zero-order valence-corrected chi connectivity index (χ0v) is 11.7. The number of nitrogens with zero attached hydrogens (tertiary/aromatic N) is 2. The Hall–Kier alpha value is -1.62. The van der Waals surface area contributed by atoms with Crippen molar-refractivity contribution in [2.45, 2.75) is 51.2 Å². The van der Waals surface area contributed by atoms with E-state index in [1.807, 2.05) is 6.20 Å². The molecule has 0 radical (unpaired) electrons. The summed E-state index contributed by atoms with van der Waals surface area (Å²) in [6.07, 6.45) is 8.77. The summed E-state index contributed by atoms with van der Waals surface area (Å²) < 4.78 is 0. The Bertz CT molecular complexity index is 646. The van der Waals surface area contributed by atoms with Gasteiger partial charge < -0.3 is 15.4 Å².